The number of hydrogen-bond donors (Lipinski definition) is 0. The van der Waals surface area contributed by atoms with Crippen LogP contribution >= 0.6 is 0 Å². The molecule has 0 unspecified atom stereocenters. The number of rotatable bonds is 5. The third kappa shape index (κ3) is 4.29. The Morgan fingerprint density at radius 1 is 1.07 bits per heavy atom. The van der Waals surface area contributed by atoms with Crippen LogP contribution in [-0.2, 0) is 22.5 Å². The topological polar surface area (TPSA) is 42.4 Å². The van der Waals surface area contributed by atoms with Crippen LogP contribution in [0.25, 0.3) is 22.2 Å². The molecule has 1 aliphatic heterocycles. The van der Waals surface area contributed by atoms with Crippen LogP contribution in [0.5, 0.6) is 0 Å². The summed E-state index contributed by atoms with van der Waals surface area (Å²) in [6.45, 7) is 8.15. The van der Waals surface area contributed by atoms with Crippen molar-refractivity contribution in [3.05, 3.63) is 65.2 Å². The average Bonchev–Trinajstić information content (AvgIpc) is 2.68. The van der Waals surface area contributed by atoms with E-state index in [-0.39, 0.29) is 5.78 Å². The van der Waals surface area contributed by atoms with E-state index in [2.05, 4.69) is 48.2 Å². The summed E-state index contributed by atoms with van der Waals surface area (Å²) < 4.78 is 5.49. The first-order valence-electron chi connectivity index (χ1n) is 9.87. The van der Waals surface area contributed by atoms with Gasteiger partial charge in [0, 0.05) is 37.0 Å². The summed E-state index contributed by atoms with van der Waals surface area (Å²) >= 11 is 0. The molecule has 28 heavy (non-hydrogen) atoms. The quantitative estimate of drug-likeness (QED) is 0.672. The summed E-state index contributed by atoms with van der Waals surface area (Å²) in [7, 11) is 0. The smallest absolute Gasteiger partial charge is 0.134 e. The van der Waals surface area contributed by atoms with Gasteiger partial charge in [0.05, 0.1) is 24.4 Å². The van der Waals surface area contributed by atoms with Gasteiger partial charge in [0.2, 0.25) is 0 Å². The van der Waals surface area contributed by atoms with Crippen molar-refractivity contribution in [3.8, 4) is 11.3 Å². The van der Waals surface area contributed by atoms with Gasteiger partial charge in [-0.3, -0.25) is 9.69 Å². The van der Waals surface area contributed by atoms with E-state index >= 15 is 0 Å². The maximum Gasteiger partial charge on any atom is 0.134 e. The van der Waals surface area contributed by atoms with E-state index in [4.69, 9.17) is 9.72 Å². The lowest BCUT2D eigenvalue weighted by atomic mass is 10.0. The molecule has 0 saturated carbocycles. The van der Waals surface area contributed by atoms with Crippen molar-refractivity contribution in [2.75, 3.05) is 26.3 Å². The standard InChI is InChI=1S/C24H26N2O2/c1-17-3-8-22-21(16-26-9-11-28-12-10-26)15-23(25-24(22)13-17)20-6-4-19(5-7-20)14-18(2)27/h3-8,13,15H,9-12,14,16H2,1-2H3. The SMILES string of the molecule is CC(=O)Cc1ccc(-c2cc(CN3CCOCC3)c3ccc(C)cc3n2)cc1. The Hall–Kier alpha value is -2.56. The molecule has 0 bridgehead atoms. The van der Waals surface area contributed by atoms with Crippen molar-refractivity contribution in [1.82, 2.24) is 9.88 Å². The number of Topliss-reactive ketones (excluding diaryl/α,β-unsaturated/α-hetero) is 1. The van der Waals surface area contributed by atoms with Gasteiger partial charge in [-0.15, -0.1) is 0 Å². The Morgan fingerprint density at radius 3 is 2.54 bits per heavy atom. The normalized spacial score (nSPS) is 15.1. The predicted molar refractivity (Wildman–Crippen MR) is 112 cm³/mol. The van der Waals surface area contributed by atoms with Gasteiger partial charge < -0.3 is 4.74 Å². The lowest BCUT2D eigenvalue weighted by Gasteiger charge is -2.27. The number of pyridine rings is 1. The van der Waals surface area contributed by atoms with Gasteiger partial charge in [-0.1, -0.05) is 36.4 Å². The molecule has 0 amide bonds. The number of ether oxygens (including phenoxy) is 1. The Kier molecular flexibility index (Phi) is 5.51. The second-order valence-corrected chi connectivity index (χ2v) is 7.65. The minimum Gasteiger partial charge on any atom is -0.379 e. The monoisotopic (exact) mass is 374 g/mol. The number of hydrogen-bond acceptors (Lipinski definition) is 4. The summed E-state index contributed by atoms with van der Waals surface area (Å²) in [6, 6.07) is 16.9. The van der Waals surface area contributed by atoms with Crippen LogP contribution in [0.2, 0.25) is 0 Å². The van der Waals surface area contributed by atoms with Crippen molar-refractivity contribution >= 4 is 16.7 Å². The third-order valence-electron chi connectivity index (χ3n) is 5.25. The summed E-state index contributed by atoms with van der Waals surface area (Å²) in [6.07, 6.45) is 0.479. The molecular weight excluding hydrogens is 348 g/mol. The van der Waals surface area contributed by atoms with Crippen molar-refractivity contribution in [2.45, 2.75) is 26.8 Å². The molecule has 0 atom stereocenters. The number of nitrogens with zero attached hydrogens (tertiary/aromatic N) is 2. The summed E-state index contributed by atoms with van der Waals surface area (Å²) in [5.74, 6) is 0.180. The van der Waals surface area contributed by atoms with Crippen molar-refractivity contribution in [1.29, 1.82) is 0 Å². The minimum atomic E-state index is 0.180. The molecule has 2 aromatic carbocycles. The van der Waals surface area contributed by atoms with E-state index in [1.807, 2.05) is 12.1 Å². The highest BCUT2D eigenvalue weighted by Crippen LogP contribution is 2.27. The maximum absolute atomic E-state index is 11.4. The Bertz CT molecular complexity index is 989. The molecule has 1 fully saturated rings. The summed E-state index contributed by atoms with van der Waals surface area (Å²) in [5, 5.41) is 1.22. The van der Waals surface area contributed by atoms with E-state index in [1.54, 1.807) is 6.92 Å². The van der Waals surface area contributed by atoms with Crippen LogP contribution in [0.3, 0.4) is 0 Å². The number of benzene rings is 2. The van der Waals surface area contributed by atoms with E-state index in [9.17, 15) is 4.79 Å². The Labute approximate surface area is 166 Å². The van der Waals surface area contributed by atoms with Gasteiger partial charge in [0.1, 0.15) is 5.78 Å². The number of aryl methyl sites for hydroxylation is 1. The molecule has 1 saturated heterocycles. The molecule has 1 aliphatic rings. The van der Waals surface area contributed by atoms with E-state index in [0.29, 0.717) is 6.42 Å². The number of morpholine rings is 1. The Balaban J connectivity index is 1.72. The highest BCUT2D eigenvalue weighted by molar-refractivity contribution is 5.86. The number of fused-ring (bicyclic) bond motifs is 1. The maximum atomic E-state index is 11.4. The second-order valence-electron chi connectivity index (χ2n) is 7.65. The first kappa shape index (κ1) is 18.8. The molecule has 0 spiro atoms. The fourth-order valence-corrected chi connectivity index (χ4v) is 3.77. The van der Waals surface area contributed by atoms with Crippen LogP contribution in [-0.4, -0.2) is 42.0 Å². The Morgan fingerprint density at radius 2 is 1.82 bits per heavy atom. The molecule has 0 radical (unpaired) electrons. The van der Waals surface area contributed by atoms with E-state index in [0.717, 1.165) is 55.2 Å². The first-order valence-corrected chi connectivity index (χ1v) is 9.87. The van der Waals surface area contributed by atoms with E-state index in [1.165, 1.54) is 16.5 Å². The third-order valence-corrected chi connectivity index (χ3v) is 5.25. The van der Waals surface area contributed by atoms with Crippen molar-refractivity contribution in [2.24, 2.45) is 0 Å². The molecule has 2 heterocycles. The molecular formula is C24H26N2O2. The summed E-state index contributed by atoms with van der Waals surface area (Å²) in [5.41, 5.74) is 6.66. The lowest BCUT2D eigenvalue weighted by Crippen LogP contribution is -2.35. The highest BCUT2D eigenvalue weighted by atomic mass is 16.5. The largest absolute Gasteiger partial charge is 0.379 e. The number of ketones is 1. The van der Waals surface area contributed by atoms with Gasteiger partial charge >= 0.3 is 0 Å². The summed E-state index contributed by atoms with van der Waals surface area (Å²) in [4.78, 5) is 18.7. The van der Waals surface area contributed by atoms with Gasteiger partial charge in [0.25, 0.3) is 0 Å². The second kappa shape index (κ2) is 8.21. The number of carbonyl (C=O) groups is 1. The fourth-order valence-electron chi connectivity index (χ4n) is 3.77. The number of aromatic nitrogens is 1. The van der Waals surface area contributed by atoms with Crippen LogP contribution in [0.4, 0.5) is 0 Å². The van der Waals surface area contributed by atoms with Gasteiger partial charge in [-0.25, -0.2) is 4.98 Å². The molecule has 0 aliphatic carbocycles. The van der Waals surface area contributed by atoms with Gasteiger partial charge in [-0.05, 0) is 42.7 Å². The van der Waals surface area contributed by atoms with Crippen LogP contribution in [0, 0.1) is 6.92 Å². The van der Waals surface area contributed by atoms with Crippen LogP contribution < -0.4 is 0 Å². The molecule has 4 heteroatoms. The van der Waals surface area contributed by atoms with Crippen molar-refractivity contribution < 1.29 is 9.53 Å². The highest BCUT2D eigenvalue weighted by Gasteiger charge is 2.14. The van der Waals surface area contributed by atoms with Crippen LogP contribution in [0.15, 0.2) is 48.5 Å². The van der Waals surface area contributed by atoms with Crippen molar-refractivity contribution in [3.63, 3.8) is 0 Å². The molecule has 1 aromatic heterocycles. The minimum absolute atomic E-state index is 0.180. The molecule has 0 N–H and O–H groups in total. The molecule has 4 nitrogen and oxygen atoms in total. The zero-order valence-electron chi connectivity index (χ0n) is 16.6. The lowest BCUT2D eigenvalue weighted by molar-refractivity contribution is -0.116. The fraction of sp³-hybridized carbons (Fsp3) is 0.333. The molecule has 4 rings (SSSR count). The van der Waals surface area contributed by atoms with Gasteiger partial charge in [0.15, 0.2) is 0 Å². The van der Waals surface area contributed by atoms with Crippen LogP contribution in [0.1, 0.15) is 23.6 Å². The van der Waals surface area contributed by atoms with Gasteiger partial charge in [-0.2, -0.15) is 0 Å². The molecule has 144 valence electrons. The molecule has 3 aromatic rings. The van der Waals surface area contributed by atoms with E-state index < -0.39 is 0 Å². The predicted octanol–water partition coefficient (Wildman–Crippen LogP) is 4.17. The zero-order valence-corrected chi connectivity index (χ0v) is 16.6. The first-order chi connectivity index (χ1) is 13.6. The number of carbonyl (C=O) groups excluding carboxylic acids is 1. The average molecular weight is 374 g/mol. The zero-order chi connectivity index (χ0) is 19.5.